The molecule has 1 fully saturated rings. The number of hydroxylamine groups is 2. The number of halogens is 1. The van der Waals surface area contributed by atoms with E-state index in [0.29, 0.717) is 6.54 Å². The third kappa shape index (κ3) is 2.07. The van der Waals surface area contributed by atoms with Crippen molar-refractivity contribution >= 4 is 11.6 Å². The highest BCUT2D eigenvalue weighted by molar-refractivity contribution is 6.30. The molecule has 0 amide bonds. The molecule has 1 aliphatic heterocycles. The molecule has 2 rings (SSSR count). The molecule has 4 heteroatoms. The Labute approximate surface area is 88.2 Å². The van der Waals surface area contributed by atoms with Gasteiger partial charge < -0.3 is 10.5 Å². The summed E-state index contributed by atoms with van der Waals surface area (Å²) in [5, 5.41) is 15.0. The van der Waals surface area contributed by atoms with Gasteiger partial charge in [0, 0.05) is 24.7 Å². The van der Waals surface area contributed by atoms with Crippen molar-refractivity contribution in [3.05, 3.63) is 34.9 Å². The molecule has 1 aromatic carbocycles. The third-order valence-corrected chi connectivity index (χ3v) is 2.72. The first-order chi connectivity index (χ1) is 6.77. The minimum absolute atomic E-state index is 0.0426. The lowest BCUT2D eigenvalue weighted by Crippen LogP contribution is -2.44. The minimum Gasteiger partial charge on any atom is -0.313 e. The summed E-state index contributed by atoms with van der Waals surface area (Å²) in [5.41, 5.74) is 1.09. The molecule has 1 aliphatic rings. The fourth-order valence-electron chi connectivity index (χ4n) is 1.67. The Balaban J connectivity index is 2.16. The maximum atomic E-state index is 9.65. The van der Waals surface area contributed by atoms with E-state index in [2.05, 4.69) is 5.32 Å². The molecule has 0 saturated carbocycles. The molecule has 1 aromatic rings. The van der Waals surface area contributed by atoms with E-state index in [9.17, 15) is 5.21 Å². The molecule has 1 atom stereocenters. The highest BCUT2D eigenvalue weighted by Crippen LogP contribution is 2.21. The van der Waals surface area contributed by atoms with Crippen molar-refractivity contribution in [2.45, 2.75) is 6.04 Å². The van der Waals surface area contributed by atoms with Crippen LogP contribution in [0.15, 0.2) is 24.3 Å². The van der Waals surface area contributed by atoms with E-state index >= 15 is 0 Å². The fourth-order valence-corrected chi connectivity index (χ4v) is 1.79. The van der Waals surface area contributed by atoms with Crippen LogP contribution in [0.25, 0.3) is 0 Å². The van der Waals surface area contributed by atoms with Crippen molar-refractivity contribution in [2.75, 3.05) is 19.6 Å². The van der Waals surface area contributed by atoms with Crippen LogP contribution in [0.3, 0.4) is 0 Å². The van der Waals surface area contributed by atoms with Gasteiger partial charge in [0.25, 0.3) is 0 Å². The lowest BCUT2D eigenvalue weighted by Gasteiger charge is -2.31. The molecule has 1 heterocycles. The number of hydrogen-bond donors (Lipinski definition) is 2. The van der Waals surface area contributed by atoms with Crippen LogP contribution < -0.4 is 5.32 Å². The highest BCUT2D eigenvalue weighted by Gasteiger charge is 2.21. The topological polar surface area (TPSA) is 35.5 Å². The van der Waals surface area contributed by atoms with E-state index in [-0.39, 0.29) is 6.04 Å². The quantitative estimate of drug-likeness (QED) is 0.744. The van der Waals surface area contributed by atoms with Crippen LogP contribution in [-0.4, -0.2) is 29.9 Å². The molecule has 3 nitrogen and oxygen atoms in total. The molecule has 0 aliphatic carbocycles. The molecule has 2 N–H and O–H groups in total. The largest absolute Gasteiger partial charge is 0.313 e. The second-order valence-electron chi connectivity index (χ2n) is 3.43. The van der Waals surface area contributed by atoms with Crippen molar-refractivity contribution in [3.63, 3.8) is 0 Å². The molecular weight excluding hydrogens is 200 g/mol. The smallest absolute Gasteiger partial charge is 0.0724 e. The van der Waals surface area contributed by atoms with Crippen LogP contribution in [0.2, 0.25) is 5.02 Å². The van der Waals surface area contributed by atoms with Gasteiger partial charge in [0.15, 0.2) is 0 Å². The van der Waals surface area contributed by atoms with Crippen molar-refractivity contribution in [1.82, 2.24) is 10.4 Å². The molecular formula is C10H13ClN2O. The number of nitrogens with one attached hydrogen (secondary N) is 1. The van der Waals surface area contributed by atoms with Crippen molar-refractivity contribution < 1.29 is 5.21 Å². The molecule has 1 saturated heterocycles. The first kappa shape index (κ1) is 9.93. The van der Waals surface area contributed by atoms with Gasteiger partial charge in [-0.1, -0.05) is 23.7 Å². The summed E-state index contributed by atoms with van der Waals surface area (Å²) in [5.74, 6) is 0. The van der Waals surface area contributed by atoms with Crippen molar-refractivity contribution in [2.24, 2.45) is 0 Å². The maximum absolute atomic E-state index is 9.65. The van der Waals surface area contributed by atoms with Crippen LogP contribution in [0.4, 0.5) is 0 Å². The standard InChI is InChI=1S/C10H13ClN2O/c11-9-3-1-8(2-4-9)10-7-12-5-6-13(10)14/h1-4,10,12,14H,5-7H2. The predicted molar refractivity (Wildman–Crippen MR) is 55.6 cm³/mol. The Morgan fingerprint density at radius 3 is 2.71 bits per heavy atom. The summed E-state index contributed by atoms with van der Waals surface area (Å²) >= 11 is 5.80. The predicted octanol–water partition coefficient (Wildman–Crippen LogP) is 1.68. The van der Waals surface area contributed by atoms with Gasteiger partial charge in [0.05, 0.1) is 6.04 Å². The van der Waals surface area contributed by atoms with Gasteiger partial charge in [-0.2, -0.15) is 5.06 Å². The second kappa shape index (κ2) is 4.28. The zero-order valence-electron chi connectivity index (χ0n) is 7.78. The van der Waals surface area contributed by atoms with E-state index < -0.39 is 0 Å². The summed E-state index contributed by atoms with van der Waals surface area (Å²) in [6, 6.07) is 7.63. The van der Waals surface area contributed by atoms with Gasteiger partial charge in [-0.3, -0.25) is 0 Å². The average molecular weight is 213 g/mol. The summed E-state index contributed by atoms with van der Waals surface area (Å²) in [6.45, 7) is 2.27. The molecule has 0 radical (unpaired) electrons. The number of benzene rings is 1. The lowest BCUT2D eigenvalue weighted by molar-refractivity contribution is -0.137. The van der Waals surface area contributed by atoms with E-state index in [0.717, 1.165) is 23.7 Å². The fraction of sp³-hybridized carbons (Fsp3) is 0.400. The van der Waals surface area contributed by atoms with Crippen LogP contribution in [0.5, 0.6) is 0 Å². The Kier molecular flexibility index (Phi) is 3.03. The van der Waals surface area contributed by atoms with Gasteiger partial charge >= 0.3 is 0 Å². The highest BCUT2D eigenvalue weighted by atomic mass is 35.5. The summed E-state index contributed by atoms with van der Waals surface area (Å²) in [7, 11) is 0. The molecule has 1 unspecified atom stereocenters. The number of piperazine rings is 1. The average Bonchev–Trinajstić information content (AvgIpc) is 2.20. The Hall–Kier alpha value is -0.610. The monoisotopic (exact) mass is 212 g/mol. The van der Waals surface area contributed by atoms with Gasteiger partial charge in [0.1, 0.15) is 0 Å². The van der Waals surface area contributed by atoms with Gasteiger partial charge in [-0.15, -0.1) is 0 Å². The number of nitrogens with zero attached hydrogens (tertiary/aromatic N) is 1. The van der Waals surface area contributed by atoms with Crippen molar-refractivity contribution in [3.8, 4) is 0 Å². The number of rotatable bonds is 1. The van der Waals surface area contributed by atoms with E-state index in [1.807, 2.05) is 24.3 Å². The number of hydrogen-bond acceptors (Lipinski definition) is 3. The normalized spacial score (nSPS) is 23.7. The molecule has 0 aromatic heterocycles. The molecule has 0 bridgehead atoms. The Bertz CT molecular complexity index is 301. The molecule has 76 valence electrons. The van der Waals surface area contributed by atoms with E-state index in [1.54, 1.807) is 0 Å². The van der Waals surface area contributed by atoms with Crippen molar-refractivity contribution in [1.29, 1.82) is 0 Å². The zero-order chi connectivity index (χ0) is 9.97. The lowest BCUT2D eigenvalue weighted by atomic mass is 10.1. The van der Waals surface area contributed by atoms with Crippen LogP contribution in [0, 0.1) is 0 Å². The zero-order valence-corrected chi connectivity index (χ0v) is 8.54. The first-order valence-electron chi connectivity index (χ1n) is 4.69. The Morgan fingerprint density at radius 2 is 2.07 bits per heavy atom. The van der Waals surface area contributed by atoms with Crippen LogP contribution in [0.1, 0.15) is 11.6 Å². The maximum Gasteiger partial charge on any atom is 0.0724 e. The van der Waals surface area contributed by atoms with E-state index in [1.165, 1.54) is 5.06 Å². The van der Waals surface area contributed by atoms with E-state index in [4.69, 9.17) is 11.6 Å². The van der Waals surface area contributed by atoms with Crippen LogP contribution in [-0.2, 0) is 0 Å². The summed E-state index contributed by atoms with van der Waals surface area (Å²) < 4.78 is 0. The van der Waals surface area contributed by atoms with Crippen LogP contribution >= 0.6 is 11.6 Å². The SMILES string of the molecule is ON1CCNCC1c1ccc(Cl)cc1. The molecule has 14 heavy (non-hydrogen) atoms. The first-order valence-corrected chi connectivity index (χ1v) is 5.07. The third-order valence-electron chi connectivity index (χ3n) is 2.47. The second-order valence-corrected chi connectivity index (χ2v) is 3.87. The summed E-state index contributed by atoms with van der Waals surface area (Å²) in [4.78, 5) is 0. The Morgan fingerprint density at radius 1 is 1.36 bits per heavy atom. The van der Waals surface area contributed by atoms with Gasteiger partial charge in [-0.25, -0.2) is 0 Å². The summed E-state index contributed by atoms with van der Waals surface area (Å²) in [6.07, 6.45) is 0. The minimum atomic E-state index is 0.0426. The van der Waals surface area contributed by atoms with Gasteiger partial charge in [0.2, 0.25) is 0 Å². The van der Waals surface area contributed by atoms with Gasteiger partial charge in [-0.05, 0) is 17.7 Å². The molecule has 0 spiro atoms.